The second kappa shape index (κ2) is 13.1. The van der Waals surface area contributed by atoms with Gasteiger partial charge in [-0.25, -0.2) is 0 Å². The molecule has 0 saturated carbocycles. The maximum atomic E-state index is 11.1. The lowest BCUT2D eigenvalue weighted by atomic mass is 10.2. The van der Waals surface area contributed by atoms with Gasteiger partial charge in [0.05, 0.1) is 6.54 Å². The molecule has 0 aromatic heterocycles. The van der Waals surface area contributed by atoms with Crippen molar-refractivity contribution < 1.29 is 9.53 Å². The molecule has 1 amide bonds. The van der Waals surface area contributed by atoms with E-state index in [0.29, 0.717) is 13.2 Å². The quantitative estimate of drug-likeness (QED) is 0.326. The van der Waals surface area contributed by atoms with Crippen molar-refractivity contribution >= 4 is 17.6 Å². The van der Waals surface area contributed by atoms with Gasteiger partial charge in [-0.1, -0.05) is 32.3 Å². The van der Waals surface area contributed by atoms with Gasteiger partial charge in [-0.05, 0) is 25.5 Å². The summed E-state index contributed by atoms with van der Waals surface area (Å²) in [5.41, 5.74) is 0.736. The van der Waals surface area contributed by atoms with E-state index < -0.39 is 0 Å². The number of ether oxygens (including phenoxy) is 1. The predicted octanol–water partition coefficient (Wildman–Crippen LogP) is 3.16. The van der Waals surface area contributed by atoms with Gasteiger partial charge in [0.1, 0.15) is 12.4 Å². The largest absolute Gasteiger partial charge is 0.492 e. The summed E-state index contributed by atoms with van der Waals surface area (Å²) in [6.07, 6.45) is 4.86. The molecule has 0 saturated heterocycles. The molecular weight excluding hydrogens is 316 g/mol. The topological polar surface area (TPSA) is 74.8 Å². The van der Waals surface area contributed by atoms with Gasteiger partial charge in [0.15, 0.2) is 5.96 Å². The van der Waals surface area contributed by atoms with Gasteiger partial charge >= 0.3 is 0 Å². The first-order valence-electron chi connectivity index (χ1n) is 9.18. The van der Waals surface area contributed by atoms with E-state index in [1.54, 1.807) is 0 Å². The summed E-state index contributed by atoms with van der Waals surface area (Å²) in [7, 11) is 0. The lowest BCUT2D eigenvalue weighted by Crippen LogP contribution is -2.39. The van der Waals surface area contributed by atoms with E-state index in [1.807, 2.05) is 24.3 Å². The van der Waals surface area contributed by atoms with Gasteiger partial charge < -0.3 is 20.7 Å². The smallest absolute Gasteiger partial charge is 0.221 e. The van der Waals surface area contributed by atoms with Gasteiger partial charge in [0, 0.05) is 31.8 Å². The number of rotatable bonds is 11. The molecular formula is C19H32N4O2. The van der Waals surface area contributed by atoms with E-state index in [9.17, 15) is 4.79 Å². The van der Waals surface area contributed by atoms with Crippen LogP contribution in [0.5, 0.6) is 5.75 Å². The minimum atomic E-state index is -0.0933. The highest BCUT2D eigenvalue weighted by Crippen LogP contribution is 2.16. The van der Waals surface area contributed by atoms with Crippen LogP contribution in [0.3, 0.4) is 0 Å². The van der Waals surface area contributed by atoms with E-state index in [4.69, 9.17) is 4.74 Å². The Balaban J connectivity index is 2.33. The second-order valence-corrected chi connectivity index (χ2v) is 5.81. The molecule has 0 radical (unpaired) electrons. The monoisotopic (exact) mass is 348 g/mol. The van der Waals surface area contributed by atoms with Crippen molar-refractivity contribution in [3.05, 3.63) is 24.3 Å². The molecule has 0 aliphatic heterocycles. The summed E-state index contributed by atoms with van der Waals surface area (Å²) in [4.78, 5) is 15.7. The van der Waals surface area contributed by atoms with Crippen molar-refractivity contribution in [1.82, 2.24) is 10.6 Å². The Bertz CT molecular complexity index is 532. The number of anilines is 1. The molecule has 0 heterocycles. The van der Waals surface area contributed by atoms with E-state index >= 15 is 0 Å². The van der Waals surface area contributed by atoms with Crippen molar-refractivity contribution in [2.24, 2.45) is 4.99 Å². The van der Waals surface area contributed by atoms with Gasteiger partial charge in [-0.2, -0.15) is 0 Å². The summed E-state index contributed by atoms with van der Waals surface area (Å²) < 4.78 is 5.72. The first-order valence-corrected chi connectivity index (χ1v) is 9.18. The van der Waals surface area contributed by atoms with Crippen LogP contribution in [-0.2, 0) is 4.79 Å². The molecule has 0 bridgehead atoms. The number of aliphatic imine (C=N–C) groups is 1. The van der Waals surface area contributed by atoms with Crippen LogP contribution in [0.4, 0.5) is 5.69 Å². The number of nitrogens with zero attached hydrogens (tertiary/aromatic N) is 1. The van der Waals surface area contributed by atoms with Crippen LogP contribution < -0.4 is 20.7 Å². The average Bonchev–Trinajstić information content (AvgIpc) is 2.58. The summed E-state index contributed by atoms with van der Waals surface area (Å²) in [6, 6.07) is 7.38. The maximum absolute atomic E-state index is 11.1. The average molecular weight is 348 g/mol. The van der Waals surface area contributed by atoms with Gasteiger partial charge in [0.2, 0.25) is 5.91 Å². The van der Waals surface area contributed by atoms with Crippen LogP contribution in [0.25, 0.3) is 0 Å². The van der Waals surface area contributed by atoms with E-state index in [2.05, 4.69) is 34.8 Å². The lowest BCUT2D eigenvalue weighted by Gasteiger charge is -2.12. The number of hydrogen-bond acceptors (Lipinski definition) is 3. The predicted molar refractivity (Wildman–Crippen MR) is 104 cm³/mol. The zero-order valence-electron chi connectivity index (χ0n) is 15.7. The number of carbonyl (C=O) groups excluding carboxylic acids is 1. The van der Waals surface area contributed by atoms with Crippen molar-refractivity contribution in [1.29, 1.82) is 0 Å². The molecule has 140 valence electrons. The van der Waals surface area contributed by atoms with Crippen molar-refractivity contribution in [2.75, 3.05) is 31.6 Å². The van der Waals surface area contributed by atoms with Crippen molar-refractivity contribution in [2.45, 2.75) is 46.5 Å². The lowest BCUT2D eigenvalue weighted by molar-refractivity contribution is -0.114. The van der Waals surface area contributed by atoms with Gasteiger partial charge in [0.25, 0.3) is 0 Å². The number of carbonyl (C=O) groups is 1. The molecule has 1 aromatic rings. The van der Waals surface area contributed by atoms with Gasteiger partial charge in [-0.15, -0.1) is 0 Å². The molecule has 0 unspecified atom stereocenters. The maximum Gasteiger partial charge on any atom is 0.221 e. The van der Waals surface area contributed by atoms with Crippen LogP contribution in [0, 0.1) is 0 Å². The van der Waals surface area contributed by atoms with Crippen LogP contribution in [0.15, 0.2) is 29.3 Å². The Morgan fingerprint density at radius 1 is 1.16 bits per heavy atom. The standard InChI is InChI=1S/C19H32N4O2/c1-4-6-7-8-12-21-19(20-5-2)22-13-14-25-18-11-9-10-17(15-18)23-16(3)24/h9-11,15H,4-8,12-14H2,1-3H3,(H,23,24)(H2,20,21,22). The Morgan fingerprint density at radius 2 is 2.00 bits per heavy atom. The number of unbranched alkanes of at least 4 members (excludes halogenated alkanes) is 3. The fourth-order valence-corrected chi connectivity index (χ4v) is 2.28. The molecule has 0 aliphatic carbocycles. The molecule has 1 rings (SSSR count). The molecule has 1 aromatic carbocycles. The van der Waals surface area contributed by atoms with Crippen molar-refractivity contribution in [3.8, 4) is 5.75 Å². The molecule has 0 fully saturated rings. The fourth-order valence-electron chi connectivity index (χ4n) is 2.28. The Kier molecular flexibility index (Phi) is 10.9. The Hall–Kier alpha value is -2.24. The third-order valence-corrected chi connectivity index (χ3v) is 3.44. The fraction of sp³-hybridized carbons (Fsp3) is 0.579. The first-order chi connectivity index (χ1) is 12.2. The number of guanidine groups is 1. The first kappa shape index (κ1) is 20.8. The highest BCUT2D eigenvalue weighted by molar-refractivity contribution is 5.88. The SMILES string of the molecule is CCCCCCN=C(NCC)NCCOc1cccc(NC(C)=O)c1. The molecule has 6 nitrogen and oxygen atoms in total. The normalized spacial score (nSPS) is 11.1. The molecule has 3 N–H and O–H groups in total. The summed E-state index contributed by atoms with van der Waals surface area (Å²) in [5.74, 6) is 1.47. The highest BCUT2D eigenvalue weighted by atomic mass is 16.5. The van der Waals surface area contributed by atoms with Crippen LogP contribution >= 0.6 is 0 Å². The molecule has 0 aliphatic rings. The molecule has 0 atom stereocenters. The van der Waals surface area contributed by atoms with Crippen LogP contribution in [0.1, 0.15) is 46.5 Å². The summed E-state index contributed by atoms with van der Waals surface area (Å²) in [6.45, 7) is 8.60. The minimum Gasteiger partial charge on any atom is -0.492 e. The van der Waals surface area contributed by atoms with E-state index in [1.165, 1.54) is 26.2 Å². The van der Waals surface area contributed by atoms with Gasteiger partial charge in [-0.3, -0.25) is 9.79 Å². The second-order valence-electron chi connectivity index (χ2n) is 5.81. The number of nitrogens with one attached hydrogen (secondary N) is 3. The highest BCUT2D eigenvalue weighted by Gasteiger charge is 2.00. The molecule has 0 spiro atoms. The third kappa shape index (κ3) is 10.3. The number of hydrogen-bond donors (Lipinski definition) is 3. The van der Waals surface area contributed by atoms with E-state index in [-0.39, 0.29) is 5.91 Å². The number of benzene rings is 1. The molecule has 6 heteroatoms. The minimum absolute atomic E-state index is 0.0933. The third-order valence-electron chi connectivity index (χ3n) is 3.44. The zero-order chi connectivity index (χ0) is 18.3. The van der Waals surface area contributed by atoms with Crippen LogP contribution in [0.2, 0.25) is 0 Å². The molecule has 25 heavy (non-hydrogen) atoms. The Morgan fingerprint density at radius 3 is 2.72 bits per heavy atom. The summed E-state index contributed by atoms with van der Waals surface area (Å²) in [5, 5.41) is 9.26. The number of amides is 1. The zero-order valence-corrected chi connectivity index (χ0v) is 15.7. The van der Waals surface area contributed by atoms with Crippen molar-refractivity contribution in [3.63, 3.8) is 0 Å². The Labute approximate surface area is 151 Å². The van der Waals surface area contributed by atoms with E-state index in [0.717, 1.165) is 36.9 Å². The van der Waals surface area contributed by atoms with Crippen LogP contribution in [-0.4, -0.2) is 38.1 Å². The summed E-state index contributed by atoms with van der Waals surface area (Å²) >= 11 is 0.